The van der Waals surface area contributed by atoms with E-state index in [2.05, 4.69) is 15.4 Å². The van der Waals surface area contributed by atoms with Crippen LogP contribution in [0.4, 0.5) is 5.95 Å². The van der Waals surface area contributed by atoms with Gasteiger partial charge < -0.3 is 29.6 Å². The third kappa shape index (κ3) is 6.26. The lowest BCUT2D eigenvalue weighted by Crippen LogP contribution is -2.31. The fourth-order valence-corrected chi connectivity index (χ4v) is 1.56. The van der Waals surface area contributed by atoms with E-state index < -0.39 is 29.3 Å². The molecule has 0 atom stereocenters. The summed E-state index contributed by atoms with van der Waals surface area (Å²) in [6, 6.07) is 0. The summed E-state index contributed by atoms with van der Waals surface area (Å²) in [5, 5.41) is 16.7. The number of carbonyl (C=O) groups is 2. The SMILES string of the molecule is CCOCCOC(=O)Cn1nc([N+](=O)[O-])nc1C(=O)NCCOC. The summed E-state index contributed by atoms with van der Waals surface area (Å²) in [4.78, 5) is 37.1. The van der Waals surface area contributed by atoms with Crippen LogP contribution in [0.2, 0.25) is 0 Å². The summed E-state index contributed by atoms with van der Waals surface area (Å²) in [7, 11) is 1.46. The first-order valence-corrected chi connectivity index (χ1v) is 7.09. The Balaban J connectivity index is 2.74. The first-order valence-electron chi connectivity index (χ1n) is 7.09. The third-order valence-electron chi connectivity index (χ3n) is 2.59. The average Bonchev–Trinajstić information content (AvgIpc) is 2.96. The van der Waals surface area contributed by atoms with Crippen LogP contribution >= 0.6 is 0 Å². The van der Waals surface area contributed by atoms with Gasteiger partial charge in [-0.05, 0) is 16.8 Å². The lowest BCUT2D eigenvalue weighted by Gasteiger charge is -2.05. The van der Waals surface area contributed by atoms with Gasteiger partial charge in [-0.3, -0.25) is 4.79 Å². The number of aromatic nitrogens is 3. The zero-order valence-corrected chi connectivity index (χ0v) is 13.4. The second-order valence-electron chi connectivity index (χ2n) is 4.32. The minimum Gasteiger partial charge on any atom is -0.462 e. The molecule has 1 heterocycles. The maximum atomic E-state index is 12.0. The zero-order chi connectivity index (χ0) is 17.9. The van der Waals surface area contributed by atoms with Gasteiger partial charge in [0, 0.05) is 25.4 Å². The largest absolute Gasteiger partial charge is 0.491 e. The van der Waals surface area contributed by atoms with Gasteiger partial charge in [-0.15, -0.1) is 0 Å². The molecule has 24 heavy (non-hydrogen) atoms. The molecule has 0 saturated heterocycles. The maximum absolute atomic E-state index is 12.0. The Kier molecular flexibility index (Phi) is 8.29. The van der Waals surface area contributed by atoms with Crippen molar-refractivity contribution in [3.05, 3.63) is 15.9 Å². The van der Waals surface area contributed by atoms with Gasteiger partial charge in [-0.2, -0.15) is 4.68 Å². The molecule has 0 saturated carbocycles. The number of amides is 1. The second kappa shape index (κ2) is 10.2. The molecule has 0 bridgehead atoms. The van der Waals surface area contributed by atoms with E-state index in [0.717, 1.165) is 4.68 Å². The number of rotatable bonds is 11. The lowest BCUT2D eigenvalue weighted by molar-refractivity contribution is -0.394. The van der Waals surface area contributed by atoms with Crippen molar-refractivity contribution in [2.75, 3.05) is 40.1 Å². The maximum Gasteiger partial charge on any atom is 0.491 e. The Labute approximate surface area is 137 Å². The van der Waals surface area contributed by atoms with Crippen LogP contribution in [0.25, 0.3) is 0 Å². The summed E-state index contributed by atoms with van der Waals surface area (Å²) >= 11 is 0. The van der Waals surface area contributed by atoms with Crippen LogP contribution in [0, 0.1) is 10.1 Å². The molecule has 0 fully saturated rings. The predicted octanol–water partition coefficient (Wildman–Crippen LogP) is -0.858. The standard InChI is InChI=1S/C12H19N5O7/c1-3-23-6-7-24-9(18)8-16-10(11(19)13-4-5-22-2)14-12(15-16)17(20)21/h3-8H2,1-2H3,(H,13,19). The molecule has 0 unspecified atom stereocenters. The number of hydrogen-bond acceptors (Lipinski definition) is 9. The normalized spacial score (nSPS) is 10.4. The number of nitrogens with zero attached hydrogens (tertiary/aromatic N) is 4. The van der Waals surface area contributed by atoms with Gasteiger partial charge in [0.15, 0.2) is 6.54 Å². The van der Waals surface area contributed by atoms with Gasteiger partial charge in [-0.25, -0.2) is 4.79 Å². The highest BCUT2D eigenvalue weighted by Gasteiger charge is 2.28. The van der Waals surface area contributed by atoms with Crippen molar-refractivity contribution in [2.45, 2.75) is 13.5 Å². The van der Waals surface area contributed by atoms with Gasteiger partial charge in [0.25, 0.3) is 0 Å². The molecule has 0 aromatic carbocycles. The molecule has 1 amide bonds. The van der Waals surface area contributed by atoms with Gasteiger partial charge >= 0.3 is 23.6 Å². The average molecular weight is 345 g/mol. The fourth-order valence-electron chi connectivity index (χ4n) is 1.56. The Hall–Kier alpha value is -2.60. The van der Waals surface area contributed by atoms with E-state index in [-0.39, 0.29) is 32.2 Å². The van der Waals surface area contributed by atoms with Crippen molar-refractivity contribution in [3.63, 3.8) is 0 Å². The molecule has 0 aliphatic heterocycles. The molecule has 0 aliphatic rings. The quantitative estimate of drug-likeness (QED) is 0.234. The number of ether oxygens (including phenoxy) is 3. The van der Waals surface area contributed by atoms with Crippen LogP contribution in [0.3, 0.4) is 0 Å². The van der Waals surface area contributed by atoms with Gasteiger partial charge in [-0.1, -0.05) is 0 Å². The fraction of sp³-hybridized carbons (Fsp3) is 0.667. The van der Waals surface area contributed by atoms with E-state index in [1.54, 1.807) is 6.92 Å². The summed E-state index contributed by atoms with van der Waals surface area (Å²) in [6.45, 7) is 2.47. The molecule has 12 nitrogen and oxygen atoms in total. The van der Waals surface area contributed by atoms with Gasteiger partial charge in [0.1, 0.15) is 6.61 Å². The van der Waals surface area contributed by atoms with E-state index >= 15 is 0 Å². The molecule has 134 valence electrons. The number of methoxy groups -OCH3 is 1. The van der Waals surface area contributed by atoms with Crippen LogP contribution in [0.5, 0.6) is 0 Å². The Morgan fingerprint density at radius 2 is 2.08 bits per heavy atom. The molecule has 1 N–H and O–H groups in total. The number of carbonyl (C=O) groups excluding carboxylic acids is 2. The minimum atomic E-state index is -0.858. The molecule has 0 aliphatic carbocycles. The molecule has 1 rings (SSSR count). The Morgan fingerprint density at radius 1 is 1.33 bits per heavy atom. The second-order valence-corrected chi connectivity index (χ2v) is 4.32. The molecule has 12 heteroatoms. The number of nitrogens with one attached hydrogen (secondary N) is 1. The van der Waals surface area contributed by atoms with Crippen molar-refractivity contribution in [1.82, 2.24) is 20.1 Å². The summed E-state index contributed by atoms with van der Waals surface area (Å²) in [5.41, 5.74) is 0. The van der Waals surface area contributed by atoms with Crippen molar-refractivity contribution < 1.29 is 28.7 Å². The van der Waals surface area contributed by atoms with E-state index in [9.17, 15) is 19.7 Å². The first kappa shape index (κ1) is 19.4. The molecule has 0 spiro atoms. The van der Waals surface area contributed by atoms with Crippen LogP contribution in [0.15, 0.2) is 0 Å². The molecular formula is C12H19N5O7. The monoisotopic (exact) mass is 345 g/mol. The highest BCUT2D eigenvalue weighted by molar-refractivity contribution is 5.91. The van der Waals surface area contributed by atoms with E-state index in [1.165, 1.54) is 7.11 Å². The summed E-state index contributed by atoms with van der Waals surface area (Å²) < 4.78 is 15.5. The van der Waals surface area contributed by atoms with Crippen molar-refractivity contribution in [2.24, 2.45) is 0 Å². The number of esters is 1. The molecule has 1 aromatic heterocycles. The predicted molar refractivity (Wildman–Crippen MR) is 78.3 cm³/mol. The van der Waals surface area contributed by atoms with Crippen LogP contribution in [-0.4, -0.2) is 71.6 Å². The van der Waals surface area contributed by atoms with Crippen molar-refractivity contribution in [3.8, 4) is 0 Å². The summed E-state index contributed by atoms with van der Waals surface area (Å²) in [5.74, 6) is -2.58. The van der Waals surface area contributed by atoms with Gasteiger partial charge in [0.2, 0.25) is 0 Å². The molecule has 1 aromatic rings. The van der Waals surface area contributed by atoms with E-state index in [4.69, 9.17) is 14.2 Å². The molecular weight excluding hydrogens is 326 g/mol. The van der Waals surface area contributed by atoms with E-state index in [1.807, 2.05) is 0 Å². The highest BCUT2D eigenvalue weighted by Crippen LogP contribution is 2.06. The Bertz CT molecular complexity index is 574. The third-order valence-corrected chi connectivity index (χ3v) is 2.59. The zero-order valence-electron chi connectivity index (χ0n) is 13.4. The van der Waals surface area contributed by atoms with Crippen LogP contribution < -0.4 is 5.32 Å². The minimum absolute atomic E-state index is 0.0266. The number of hydrogen-bond donors (Lipinski definition) is 1. The lowest BCUT2D eigenvalue weighted by atomic mass is 10.5. The highest BCUT2D eigenvalue weighted by atomic mass is 16.6. The van der Waals surface area contributed by atoms with Gasteiger partial charge in [0.05, 0.1) is 13.2 Å². The number of nitro groups is 1. The summed E-state index contributed by atoms with van der Waals surface area (Å²) in [6.07, 6.45) is 0. The van der Waals surface area contributed by atoms with E-state index in [0.29, 0.717) is 6.61 Å². The Morgan fingerprint density at radius 3 is 2.71 bits per heavy atom. The first-order chi connectivity index (χ1) is 11.5. The van der Waals surface area contributed by atoms with Crippen molar-refractivity contribution >= 4 is 17.8 Å². The van der Waals surface area contributed by atoms with Crippen LogP contribution in [-0.2, 0) is 25.5 Å². The van der Waals surface area contributed by atoms with Crippen LogP contribution in [0.1, 0.15) is 17.5 Å². The topological polar surface area (TPSA) is 148 Å². The van der Waals surface area contributed by atoms with Crippen molar-refractivity contribution in [1.29, 1.82) is 0 Å². The molecule has 0 radical (unpaired) electrons. The smallest absolute Gasteiger partial charge is 0.462 e.